The molecule has 1 heterocycles. The Morgan fingerprint density at radius 3 is 2.82 bits per heavy atom. The zero-order chi connectivity index (χ0) is 8.27. The number of rotatable bonds is 3. The first-order valence-electron chi connectivity index (χ1n) is 3.68. The molecule has 1 aromatic rings. The molecule has 0 spiro atoms. The Morgan fingerprint density at radius 1 is 1.64 bits per heavy atom. The molecule has 3 heteroatoms. The Bertz CT molecular complexity index is 220. The summed E-state index contributed by atoms with van der Waals surface area (Å²) < 4.78 is 9.21. The molecule has 0 atom stereocenters. The van der Waals surface area contributed by atoms with Gasteiger partial charge in [-0.15, -0.1) is 0 Å². The van der Waals surface area contributed by atoms with E-state index in [9.17, 15) is 0 Å². The van der Waals surface area contributed by atoms with E-state index in [0.717, 1.165) is 5.69 Å². The molecular formula is C8H13NOS. The lowest BCUT2D eigenvalue weighted by atomic mass is 10.2. The van der Waals surface area contributed by atoms with Crippen molar-refractivity contribution in [3.63, 3.8) is 0 Å². The smallest absolute Gasteiger partial charge is 0.0895 e. The molecule has 11 heavy (non-hydrogen) atoms. The Morgan fingerprint density at radius 2 is 2.36 bits per heavy atom. The van der Waals surface area contributed by atoms with Gasteiger partial charge in [-0.25, -0.2) is 0 Å². The van der Waals surface area contributed by atoms with Gasteiger partial charge in [-0.2, -0.15) is 4.37 Å². The molecule has 62 valence electrons. The van der Waals surface area contributed by atoms with E-state index in [0.29, 0.717) is 12.5 Å². The van der Waals surface area contributed by atoms with Crippen LogP contribution in [0, 0.1) is 0 Å². The van der Waals surface area contributed by atoms with Gasteiger partial charge in [0.25, 0.3) is 0 Å². The molecule has 0 aliphatic rings. The van der Waals surface area contributed by atoms with Crippen molar-refractivity contribution in [2.24, 2.45) is 0 Å². The topological polar surface area (TPSA) is 22.1 Å². The minimum Gasteiger partial charge on any atom is -0.378 e. The van der Waals surface area contributed by atoms with E-state index >= 15 is 0 Å². The van der Waals surface area contributed by atoms with Crippen molar-refractivity contribution in [3.8, 4) is 0 Å². The maximum absolute atomic E-state index is 4.97. The lowest BCUT2D eigenvalue weighted by Crippen LogP contribution is -1.85. The fourth-order valence-electron chi connectivity index (χ4n) is 0.816. The van der Waals surface area contributed by atoms with Crippen LogP contribution in [0.1, 0.15) is 30.3 Å². The van der Waals surface area contributed by atoms with Gasteiger partial charge in [0.1, 0.15) is 0 Å². The minimum absolute atomic E-state index is 0.582. The fourth-order valence-corrected chi connectivity index (χ4v) is 1.54. The van der Waals surface area contributed by atoms with Crippen molar-refractivity contribution in [2.75, 3.05) is 7.11 Å². The maximum Gasteiger partial charge on any atom is 0.0895 e. The Balaban J connectivity index is 2.66. The van der Waals surface area contributed by atoms with E-state index in [1.54, 1.807) is 18.6 Å². The molecular weight excluding hydrogens is 158 g/mol. The third-order valence-electron chi connectivity index (χ3n) is 1.44. The maximum atomic E-state index is 4.97. The number of aromatic nitrogens is 1. The summed E-state index contributed by atoms with van der Waals surface area (Å²) >= 11 is 1.57. The first-order valence-corrected chi connectivity index (χ1v) is 4.45. The second-order valence-electron chi connectivity index (χ2n) is 2.81. The van der Waals surface area contributed by atoms with Crippen LogP contribution in [0.4, 0.5) is 0 Å². The second kappa shape index (κ2) is 3.83. The van der Waals surface area contributed by atoms with E-state index in [1.807, 2.05) is 0 Å². The molecule has 0 saturated carbocycles. The van der Waals surface area contributed by atoms with Crippen LogP contribution in [0.25, 0.3) is 0 Å². The lowest BCUT2D eigenvalue weighted by Gasteiger charge is -1.95. The molecule has 2 nitrogen and oxygen atoms in total. The third kappa shape index (κ3) is 2.27. The highest BCUT2D eigenvalue weighted by Crippen LogP contribution is 2.20. The van der Waals surface area contributed by atoms with E-state index in [2.05, 4.69) is 24.3 Å². The van der Waals surface area contributed by atoms with Crippen molar-refractivity contribution in [3.05, 3.63) is 16.6 Å². The highest BCUT2D eigenvalue weighted by molar-refractivity contribution is 7.05. The van der Waals surface area contributed by atoms with Gasteiger partial charge in [-0.1, -0.05) is 13.8 Å². The highest BCUT2D eigenvalue weighted by Gasteiger charge is 2.04. The van der Waals surface area contributed by atoms with E-state index in [-0.39, 0.29) is 0 Å². The molecule has 0 aliphatic carbocycles. The molecule has 0 radical (unpaired) electrons. The molecule has 0 aromatic carbocycles. The van der Waals surface area contributed by atoms with Gasteiger partial charge in [0.2, 0.25) is 0 Å². The van der Waals surface area contributed by atoms with Crippen molar-refractivity contribution in [2.45, 2.75) is 26.4 Å². The summed E-state index contributed by atoms with van der Waals surface area (Å²) in [6, 6.07) is 2.11. The van der Waals surface area contributed by atoms with Gasteiger partial charge in [-0.05, 0) is 23.5 Å². The van der Waals surface area contributed by atoms with Gasteiger partial charge < -0.3 is 4.74 Å². The van der Waals surface area contributed by atoms with Gasteiger partial charge >= 0.3 is 0 Å². The van der Waals surface area contributed by atoms with Gasteiger partial charge in [0, 0.05) is 12.0 Å². The average Bonchev–Trinajstić information content (AvgIpc) is 2.37. The molecule has 0 fully saturated rings. The van der Waals surface area contributed by atoms with Gasteiger partial charge in [0.15, 0.2) is 0 Å². The third-order valence-corrected chi connectivity index (χ3v) is 2.56. The van der Waals surface area contributed by atoms with Gasteiger partial charge in [0.05, 0.1) is 12.3 Å². The predicted molar refractivity (Wildman–Crippen MR) is 46.9 cm³/mol. The largest absolute Gasteiger partial charge is 0.378 e. The Hall–Kier alpha value is -0.410. The van der Waals surface area contributed by atoms with Crippen molar-refractivity contribution >= 4 is 11.5 Å². The van der Waals surface area contributed by atoms with Crippen LogP contribution in [0.3, 0.4) is 0 Å². The van der Waals surface area contributed by atoms with Crippen LogP contribution in [0.15, 0.2) is 6.07 Å². The molecule has 0 bridgehead atoms. The quantitative estimate of drug-likeness (QED) is 0.696. The molecule has 0 unspecified atom stereocenters. The SMILES string of the molecule is COCc1cc(C(C)C)sn1. The van der Waals surface area contributed by atoms with Crippen LogP contribution in [0.5, 0.6) is 0 Å². The zero-order valence-electron chi connectivity index (χ0n) is 7.13. The molecule has 0 N–H and O–H groups in total. The summed E-state index contributed by atoms with van der Waals surface area (Å²) in [4.78, 5) is 1.33. The minimum atomic E-state index is 0.582. The van der Waals surface area contributed by atoms with E-state index in [1.165, 1.54) is 4.88 Å². The summed E-state index contributed by atoms with van der Waals surface area (Å²) in [6.45, 7) is 4.97. The van der Waals surface area contributed by atoms with Crippen LogP contribution in [-0.4, -0.2) is 11.5 Å². The molecule has 1 rings (SSSR count). The summed E-state index contributed by atoms with van der Waals surface area (Å²) in [7, 11) is 1.69. The molecule has 0 amide bonds. The fraction of sp³-hybridized carbons (Fsp3) is 0.625. The number of hydrogen-bond donors (Lipinski definition) is 0. The number of nitrogens with zero attached hydrogens (tertiary/aromatic N) is 1. The summed E-state index contributed by atoms with van der Waals surface area (Å²) in [5, 5.41) is 0. The van der Waals surface area contributed by atoms with Crippen molar-refractivity contribution < 1.29 is 4.74 Å². The summed E-state index contributed by atoms with van der Waals surface area (Å²) in [5.74, 6) is 0.582. The van der Waals surface area contributed by atoms with Crippen molar-refractivity contribution in [1.29, 1.82) is 0 Å². The Labute approximate surface area is 71.4 Å². The number of methoxy groups -OCH3 is 1. The number of hydrogen-bond acceptors (Lipinski definition) is 3. The lowest BCUT2D eigenvalue weighted by molar-refractivity contribution is 0.182. The highest BCUT2D eigenvalue weighted by atomic mass is 32.1. The average molecular weight is 171 g/mol. The molecule has 1 aromatic heterocycles. The summed E-state index contributed by atoms with van der Waals surface area (Å²) in [5.41, 5.74) is 1.04. The Kier molecular flexibility index (Phi) is 3.02. The van der Waals surface area contributed by atoms with Crippen LogP contribution < -0.4 is 0 Å². The molecule has 0 saturated heterocycles. The number of ether oxygens (including phenoxy) is 1. The second-order valence-corrected chi connectivity index (χ2v) is 3.64. The van der Waals surface area contributed by atoms with Gasteiger partial charge in [-0.3, -0.25) is 0 Å². The predicted octanol–water partition coefficient (Wildman–Crippen LogP) is 2.41. The first-order chi connectivity index (χ1) is 5.24. The van der Waals surface area contributed by atoms with Crippen molar-refractivity contribution in [1.82, 2.24) is 4.37 Å². The zero-order valence-corrected chi connectivity index (χ0v) is 7.94. The van der Waals surface area contributed by atoms with Crippen LogP contribution in [-0.2, 0) is 11.3 Å². The van der Waals surface area contributed by atoms with E-state index in [4.69, 9.17) is 4.74 Å². The van der Waals surface area contributed by atoms with Crippen LogP contribution in [0.2, 0.25) is 0 Å². The monoisotopic (exact) mass is 171 g/mol. The van der Waals surface area contributed by atoms with E-state index < -0.39 is 0 Å². The normalized spacial score (nSPS) is 10.9. The van der Waals surface area contributed by atoms with Crippen LogP contribution >= 0.6 is 11.5 Å². The summed E-state index contributed by atoms with van der Waals surface area (Å²) in [6.07, 6.45) is 0. The standard InChI is InChI=1S/C8H13NOS/c1-6(2)8-4-7(5-10-3)9-11-8/h4,6H,5H2,1-3H3. The first kappa shape index (κ1) is 8.68. The molecule has 0 aliphatic heterocycles.